The van der Waals surface area contributed by atoms with Crippen molar-refractivity contribution in [2.75, 3.05) is 26.2 Å². The summed E-state index contributed by atoms with van der Waals surface area (Å²) < 4.78 is 0. The number of hydrogen-bond acceptors (Lipinski definition) is 2. The van der Waals surface area contributed by atoms with Gasteiger partial charge in [-0.25, -0.2) is 0 Å². The van der Waals surface area contributed by atoms with Crippen molar-refractivity contribution in [2.45, 2.75) is 76.8 Å². The van der Waals surface area contributed by atoms with Gasteiger partial charge in [-0.2, -0.15) is 0 Å². The highest BCUT2D eigenvalue weighted by Crippen LogP contribution is 2.29. The summed E-state index contributed by atoms with van der Waals surface area (Å²) in [6, 6.07) is 1.80. The van der Waals surface area contributed by atoms with E-state index in [1.165, 1.54) is 84.0 Å². The average molecular weight is 264 g/mol. The highest BCUT2D eigenvalue weighted by atomic mass is 15.3. The second-order valence-electron chi connectivity index (χ2n) is 7.30. The van der Waals surface area contributed by atoms with Crippen molar-refractivity contribution in [1.82, 2.24) is 9.80 Å². The zero-order valence-electron chi connectivity index (χ0n) is 12.8. The molecule has 2 heterocycles. The van der Waals surface area contributed by atoms with E-state index < -0.39 is 0 Å². The molecule has 0 amide bonds. The molecule has 3 rings (SSSR count). The van der Waals surface area contributed by atoms with Gasteiger partial charge in [-0.15, -0.1) is 0 Å². The van der Waals surface area contributed by atoms with Gasteiger partial charge in [-0.3, -0.25) is 9.80 Å². The zero-order chi connectivity index (χ0) is 13.1. The molecule has 3 fully saturated rings. The van der Waals surface area contributed by atoms with Crippen LogP contribution in [-0.4, -0.2) is 48.1 Å². The van der Waals surface area contributed by atoms with Gasteiger partial charge in [-0.05, 0) is 64.1 Å². The molecule has 3 unspecified atom stereocenters. The molecule has 0 radical (unpaired) electrons. The molecule has 0 N–H and O–H groups in total. The summed E-state index contributed by atoms with van der Waals surface area (Å²) in [5.41, 5.74) is 0. The van der Waals surface area contributed by atoms with E-state index in [9.17, 15) is 0 Å². The molecule has 3 atom stereocenters. The number of piperidine rings is 1. The lowest BCUT2D eigenvalue weighted by Crippen LogP contribution is -2.46. The van der Waals surface area contributed by atoms with Crippen molar-refractivity contribution in [3.63, 3.8) is 0 Å². The van der Waals surface area contributed by atoms with Crippen LogP contribution in [0.1, 0.15) is 64.7 Å². The average Bonchev–Trinajstić information content (AvgIpc) is 2.76. The second kappa shape index (κ2) is 6.58. The van der Waals surface area contributed by atoms with Crippen LogP contribution in [0.15, 0.2) is 0 Å². The van der Waals surface area contributed by atoms with Crippen molar-refractivity contribution < 1.29 is 0 Å². The van der Waals surface area contributed by atoms with Crippen LogP contribution in [0, 0.1) is 5.92 Å². The smallest absolute Gasteiger partial charge is 0.0223 e. The van der Waals surface area contributed by atoms with Crippen molar-refractivity contribution >= 4 is 0 Å². The van der Waals surface area contributed by atoms with Gasteiger partial charge < -0.3 is 0 Å². The Balaban J connectivity index is 1.60. The van der Waals surface area contributed by atoms with Gasteiger partial charge in [0, 0.05) is 18.6 Å². The maximum absolute atomic E-state index is 2.88. The molecule has 2 saturated heterocycles. The first-order chi connectivity index (χ1) is 9.33. The highest BCUT2D eigenvalue weighted by molar-refractivity contribution is 4.86. The quantitative estimate of drug-likeness (QED) is 0.669. The summed E-state index contributed by atoms with van der Waals surface area (Å²) in [4.78, 5) is 5.68. The fraction of sp³-hybridized carbons (Fsp3) is 1.00. The number of fused-ring (bicyclic) bond motifs is 1. The second-order valence-corrected chi connectivity index (χ2v) is 7.30. The van der Waals surface area contributed by atoms with E-state index in [-0.39, 0.29) is 0 Å². The normalized spacial score (nSPS) is 39.3. The summed E-state index contributed by atoms with van der Waals surface area (Å²) in [7, 11) is 0. The molecule has 1 aliphatic carbocycles. The first kappa shape index (κ1) is 13.9. The van der Waals surface area contributed by atoms with Gasteiger partial charge in [0.25, 0.3) is 0 Å². The third-order valence-electron chi connectivity index (χ3n) is 5.83. The van der Waals surface area contributed by atoms with E-state index in [1.807, 2.05) is 0 Å². The van der Waals surface area contributed by atoms with Crippen LogP contribution in [0.5, 0.6) is 0 Å². The minimum Gasteiger partial charge on any atom is -0.299 e. The Kier molecular flexibility index (Phi) is 4.81. The first-order valence-electron chi connectivity index (χ1n) is 8.81. The van der Waals surface area contributed by atoms with Crippen molar-refractivity contribution in [2.24, 2.45) is 5.92 Å². The SMILES string of the molecule is CC1CCCC(N2CCCN3CCCCC3C2)CC1. The maximum Gasteiger partial charge on any atom is 0.0223 e. The highest BCUT2D eigenvalue weighted by Gasteiger charge is 2.30. The summed E-state index contributed by atoms with van der Waals surface area (Å²) in [6.45, 7) is 7.93. The van der Waals surface area contributed by atoms with Crippen LogP contribution < -0.4 is 0 Å². The van der Waals surface area contributed by atoms with E-state index in [1.54, 1.807) is 0 Å². The van der Waals surface area contributed by atoms with Gasteiger partial charge >= 0.3 is 0 Å². The molecule has 0 aromatic heterocycles. The van der Waals surface area contributed by atoms with E-state index >= 15 is 0 Å². The monoisotopic (exact) mass is 264 g/mol. The lowest BCUT2D eigenvalue weighted by atomic mass is 10.0. The Hall–Kier alpha value is -0.0800. The Bertz CT molecular complexity index is 278. The van der Waals surface area contributed by atoms with Gasteiger partial charge in [0.05, 0.1) is 0 Å². The Morgan fingerprint density at radius 2 is 1.42 bits per heavy atom. The molecule has 0 aromatic rings. The molecular formula is C17H32N2. The molecule has 2 aliphatic heterocycles. The van der Waals surface area contributed by atoms with Crippen LogP contribution in [0.4, 0.5) is 0 Å². The number of rotatable bonds is 1. The van der Waals surface area contributed by atoms with Crippen LogP contribution in [0.25, 0.3) is 0 Å². The van der Waals surface area contributed by atoms with E-state index in [4.69, 9.17) is 0 Å². The molecule has 2 heteroatoms. The Morgan fingerprint density at radius 1 is 0.632 bits per heavy atom. The molecule has 0 bridgehead atoms. The van der Waals surface area contributed by atoms with Gasteiger partial charge in [0.1, 0.15) is 0 Å². The van der Waals surface area contributed by atoms with Crippen LogP contribution >= 0.6 is 0 Å². The minimum absolute atomic E-state index is 0.886. The minimum atomic E-state index is 0.886. The summed E-state index contributed by atoms with van der Waals surface area (Å²) in [5, 5.41) is 0. The number of hydrogen-bond donors (Lipinski definition) is 0. The predicted octanol–water partition coefficient (Wildman–Crippen LogP) is 3.52. The Morgan fingerprint density at radius 3 is 2.37 bits per heavy atom. The molecular weight excluding hydrogens is 232 g/mol. The third-order valence-corrected chi connectivity index (χ3v) is 5.83. The molecule has 1 saturated carbocycles. The van der Waals surface area contributed by atoms with E-state index in [0.717, 1.165) is 18.0 Å². The fourth-order valence-corrected chi connectivity index (χ4v) is 4.56. The van der Waals surface area contributed by atoms with Crippen molar-refractivity contribution in [1.29, 1.82) is 0 Å². The lowest BCUT2D eigenvalue weighted by molar-refractivity contribution is 0.114. The van der Waals surface area contributed by atoms with Crippen LogP contribution in [0.3, 0.4) is 0 Å². The summed E-state index contributed by atoms with van der Waals surface area (Å²) >= 11 is 0. The predicted molar refractivity (Wildman–Crippen MR) is 81.4 cm³/mol. The first-order valence-corrected chi connectivity index (χ1v) is 8.81. The maximum atomic E-state index is 2.88. The zero-order valence-corrected chi connectivity index (χ0v) is 12.8. The largest absolute Gasteiger partial charge is 0.299 e. The molecule has 2 nitrogen and oxygen atoms in total. The Labute approximate surface area is 119 Å². The van der Waals surface area contributed by atoms with Gasteiger partial charge in [-0.1, -0.05) is 26.2 Å². The van der Waals surface area contributed by atoms with Crippen molar-refractivity contribution in [3.05, 3.63) is 0 Å². The molecule has 110 valence electrons. The standard InChI is InChI=1S/C17H32N2/c1-15-6-4-8-16(10-9-15)19-13-5-12-18-11-3-2-7-17(18)14-19/h15-17H,2-14H2,1H3. The summed E-state index contributed by atoms with van der Waals surface area (Å²) in [5.74, 6) is 0.975. The van der Waals surface area contributed by atoms with Crippen LogP contribution in [0.2, 0.25) is 0 Å². The molecule has 0 spiro atoms. The van der Waals surface area contributed by atoms with E-state index in [2.05, 4.69) is 16.7 Å². The number of nitrogens with zero attached hydrogens (tertiary/aromatic N) is 2. The molecule has 0 aromatic carbocycles. The topological polar surface area (TPSA) is 6.48 Å². The fourth-order valence-electron chi connectivity index (χ4n) is 4.56. The third kappa shape index (κ3) is 3.52. The lowest BCUT2D eigenvalue weighted by Gasteiger charge is -2.37. The summed E-state index contributed by atoms with van der Waals surface area (Å²) in [6.07, 6.45) is 13.1. The van der Waals surface area contributed by atoms with Gasteiger partial charge in [0.2, 0.25) is 0 Å². The molecule has 19 heavy (non-hydrogen) atoms. The van der Waals surface area contributed by atoms with Crippen molar-refractivity contribution in [3.8, 4) is 0 Å². The van der Waals surface area contributed by atoms with E-state index in [0.29, 0.717) is 0 Å². The van der Waals surface area contributed by atoms with Gasteiger partial charge in [0.15, 0.2) is 0 Å². The van der Waals surface area contributed by atoms with Crippen LogP contribution in [-0.2, 0) is 0 Å². The molecule has 3 aliphatic rings.